The number of nitrogens with zero attached hydrogens (tertiary/aromatic N) is 2. The minimum Gasteiger partial charge on any atom is -0.508 e. The molecule has 1 fully saturated rings. The molecule has 2 N–H and O–H groups in total. The Balaban J connectivity index is 1.29. The highest BCUT2D eigenvalue weighted by molar-refractivity contribution is 6.00. The van der Waals surface area contributed by atoms with Gasteiger partial charge in [0, 0.05) is 30.2 Å². The van der Waals surface area contributed by atoms with Crippen molar-refractivity contribution >= 4 is 28.4 Å². The van der Waals surface area contributed by atoms with Crippen LogP contribution >= 0.6 is 0 Å². The van der Waals surface area contributed by atoms with Gasteiger partial charge < -0.3 is 20.1 Å². The van der Waals surface area contributed by atoms with Crippen molar-refractivity contribution in [3.63, 3.8) is 0 Å². The van der Waals surface area contributed by atoms with Crippen LogP contribution in [-0.4, -0.2) is 41.6 Å². The highest BCUT2D eigenvalue weighted by Gasteiger charge is 2.34. The van der Waals surface area contributed by atoms with Crippen LogP contribution in [0.25, 0.3) is 10.9 Å². The van der Waals surface area contributed by atoms with Gasteiger partial charge in [-0.25, -0.2) is 0 Å². The van der Waals surface area contributed by atoms with Crippen molar-refractivity contribution in [1.29, 1.82) is 0 Å². The molecule has 1 atom stereocenters. The molecular weight excluding hydrogens is 370 g/mol. The van der Waals surface area contributed by atoms with Gasteiger partial charge in [-0.05, 0) is 36.4 Å². The Labute approximate surface area is 167 Å². The molecule has 4 rings (SSSR count). The summed E-state index contributed by atoms with van der Waals surface area (Å²) in [7, 11) is 0. The van der Waals surface area contributed by atoms with Crippen LogP contribution in [-0.2, 0) is 9.59 Å². The summed E-state index contributed by atoms with van der Waals surface area (Å²) < 4.78 is 5.78. The summed E-state index contributed by atoms with van der Waals surface area (Å²) in [5.74, 6) is 0.131. The molecule has 2 amide bonds. The number of amides is 2. The SMILES string of the molecule is O=C(NCCOc1cccc2cccnc12)C1CC(=O)N(c2ccc(O)cc2)C1. The van der Waals surface area contributed by atoms with Gasteiger partial charge in [0.25, 0.3) is 0 Å². The Morgan fingerprint density at radius 1 is 1.17 bits per heavy atom. The fourth-order valence-corrected chi connectivity index (χ4v) is 3.44. The zero-order chi connectivity index (χ0) is 20.2. The van der Waals surface area contributed by atoms with Crippen LogP contribution in [0.3, 0.4) is 0 Å². The van der Waals surface area contributed by atoms with Gasteiger partial charge in [-0.3, -0.25) is 14.6 Å². The van der Waals surface area contributed by atoms with Crippen molar-refractivity contribution < 1.29 is 19.4 Å². The van der Waals surface area contributed by atoms with Crippen LogP contribution in [0.4, 0.5) is 5.69 Å². The number of benzene rings is 2. The second-order valence-corrected chi connectivity index (χ2v) is 6.89. The Kier molecular flexibility index (Phi) is 5.29. The van der Waals surface area contributed by atoms with Gasteiger partial charge in [0.15, 0.2) is 0 Å². The van der Waals surface area contributed by atoms with Gasteiger partial charge in [0.05, 0.1) is 12.5 Å². The lowest BCUT2D eigenvalue weighted by atomic mass is 10.1. The lowest BCUT2D eigenvalue weighted by Crippen LogP contribution is -2.35. The molecule has 1 saturated heterocycles. The number of rotatable bonds is 6. The third-order valence-corrected chi connectivity index (χ3v) is 4.91. The van der Waals surface area contributed by atoms with E-state index in [2.05, 4.69) is 10.3 Å². The van der Waals surface area contributed by atoms with Crippen molar-refractivity contribution in [2.24, 2.45) is 5.92 Å². The molecule has 0 radical (unpaired) electrons. The second kappa shape index (κ2) is 8.18. The van der Waals surface area contributed by atoms with E-state index in [9.17, 15) is 14.7 Å². The number of nitrogens with one attached hydrogen (secondary N) is 1. The zero-order valence-corrected chi connectivity index (χ0v) is 15.7. The molecular formula is C22H21N3O4. The third kappa shape index (κ3) is 4.13. The van der Waals surface area contributed by atoms with Gasteiger partial charge in [0.2, 0.25) is 11.8 Å². The maximum atomic E-state index is 12.4. The molecule has 3 aromatic rings. The van der Waals surface area contributed by atoms with Crippen LogP contribution in [0.15, 0.2) is 60.8 Å². The van der Waals surface area contributed by atoms with Gasteiger partial charge in [-0.15, -0.1) is 0 Å². The van der Waals surface area contributed by atoms with Crippen molar-refractivity contribution in [3.8, 4) is 11.5 Å². The minimum atomic E-state index is -0.407. The number of phenols is 1. The fourth-order valence-electron chi connectivity index (χ4n) is 3.44. The van der Waals surface area contributed by atoms with Gasteiger partial charge >= 0.3 is 0 Å². The monoisotopic (exact) mass is 391 g/mol. The topological polar surface area (TPSA) is 91.8 Å². The molecule has 1 aliphatic heterocycles. The third-order valence-electron chi connectivity index (χ3n) is 4.91. The summed E-state index contributed by atoms with van der Waals surface area (Å²) in [6.45, 7) is 0.971. The number of aromatic nitrogens is 1. The van der Waals surface area contributed by atoms with Crippen LogP contribution in [0, 0.1) is 5.92 Å². The smallest absolute Gasteiger partial charge is 0.227 e. The van der Waals surface area contributed by atoms with Gasteiger partial charge in [-0.2, -0.15) is 0 Å². The van der Waals surface area contributed by atoms with E-state index in [1.54, 1.807) is 23.2 Å². The second-order valence-electron chi connectivity index (χ2n) is 6.89. The lowest BCUT2D eigenvalue weighted by molar-refractivity contribution is -0.126. The number of carbonyl (C=O) groups is 2. The zero-order valence-electron chi connectivity index (χ0n) is 15.7. The molecule has 2 heterocycles. The first kappa shape index (κ1) is 18.7. The number of phenolic OH excluding ortho intramolecular Hbond substituents is 1. The van der Waals surface area contributed by atoms with Gasteiger partial charge in [-0.1, -0.05) is 18.2 Å². The average Bonchev–Trinajstić information content (AvgIpc) is 3.13. The number of anilines is 1. The molecule has 1 aromatic heterocycles. The van der Waals surface area contributed by atoms with Crippen LogP contribution < -0.4 is 15.0 Å². The largest absolute Gasteiger partial charge is 0.508 e. The summed E-state index contributed by atoms with van der Waals surface area (Å²) in [5, 5.41) is 13.2. The number of aromatic hydroxyl groups is 1. The van der Waals surface area contributed by atoms with Crippen LogP contribution in [0.2, 0.25) is 0 Å². The first-order valence-electron chi connectivity index (χ1n) is 9.45. The quantitative estimate of drug-likeness (QED) is 0.630. The molecule has 148 valence electrons. The van der Waals surface area contributed by atoms with E-state index >= 15 is 0 Å². The van der Waals surface area contributed by atoms with E-state index in [1.165, 1.54) is 12.1 Å². The Hall–Kier alpha value is -3.61. The molecule has 1 unspecified atom stereocenters. The Morgan fingerprint density at radius 3 is 2.79 bits per heavy atom. The Morgan fingerprint density at radius 2 is 1.97 bits per heavy atom. The number of hydrogen-bond donors (Lipinski definition) is 2. The molecule has 1 aliphatic rings. The number of hydrogen-bond acceptors (Lipinski definition) is 5. The highest BCUT2D eigenvalue weighted by atomic mass is 16.5. The number of para-hydroxylation sites is 1. The molecule has 0 spiro atoms. The van der Waals surface area contributed by atoms with Gasteiger partial charge in [0.1, 0.15) is 23.6 Å². The molecule has 0 aliphatic carbocycles. The van der Waals surface area contributed by atoms with Crippen LogP contribution in [0.5, 0.6) is 11.5 Å². The molecule has 0 bridgehead atoms. The summed E-state index contributed by atoms with van der Waals surface area (Å²) in [6.07, 6.45) is 1.88. The van der Waals surface area contributed by atoms with Crippen molar-refractivity contribution in [2.75, 3.05) is 24.6 Å². The predicted octanol–water partition coefficient (Wildman–Crippen LogP) is 2.49. The number of ether oxygens (including phenoxy) is 1. The number of carbonyl (C=O) groups excluding carboxylic acids is 2. The Bertz CT molecular complexity index is 1030. The van der Waals surface area contributed by atoms with E-state index in [-0.39, 0.29) is 24.0 Å². The highest BCUT2D eigenvalue weighted by Crippen LogP contribution is 2.26. The average molecular weight is 391 g/mol. The van der Waals surface area contributed by atoms with Crippen molar-refractivity contribution in [2.45, 2.75) is 6.42 Å². The maximum absolute atomic E-state index is 12.4. The van der Waals surface area contributed by atoms with E-state index in [1.807, 2.05) is 30.3 Å². The first-order chi connectivity index (χ1) is 14.1. The fraction of sp³-hybridized carbons (Fsp3) is 0.227. The van der Waals surface area contributed by atoms with E-state index in [0.29, 0.717) is 31.1 Å². The number of pyridine rings is 1. The molecule has 29 heavy (non-hydrogen) atoms. The van der Waals surface area contributed by atoms with Crippen molar-refractivity contribution in [1.82, 2.24) is 10.3 Å². The van der Waals surface area contributed by atoms with E-state index in [4.69, 9.17) is 4.74 Å². The number of fused-ring (bicyclic) bond motifs is 1. The minimum absolute atomic E-state index is 0.103. The first-order valence-corrected chi connectivity index (χ1v) is 9.45. The summed E-state index contributed by atoms with van der Waals surface area (Å²) in [4.78, 5) is 30.6. The molecule has 7 nitrogen and oxygen atoms in total. The predicted molar refractivity (Wildman–Crippen MR) is 109 cm³/mol. The lowest BCUT2D eigenvalue weighted by Gasteiger charge is -2.17. The summed E-state index contributed by atoms with van der Waals surface area (Å²) >= 11 is 0. The molecule has 0 saturated carbocycles. The van der Waals surface area contributed by atoms with Crippen LogP contribution in [0.1, 0.15) is 6.42 Å². The molecule has 2 aromatic carbocycles. The standard InChI is InChI=1S/C22H21N3O4/c26-18-8-6-17(7-9-18)25-14-16(13-20(25)27)22(28)24-11-12-29-19-5-1-3-15-4-2-10-23-21(15)19/h1-10,16,26H,11-14H2,(H,24,28). The van der Waals surface area contributed by atoms with E-state index in [0.717, 1.165) is 10.9 Å². The summed E-state index contributed by atoms with van der Waals surface area (Å²) in [5.41, 5.74) is 1.46. The maximum Gasteiger partial charge on any atom is 0.227 e. The molecule has 7 heteroatoms. The van der Waals surface area contributed by atoms with E-state index < -0.39 is 5.92 Å². The summed E-state index contributed by atoms with van der Waals surface area (Å²) in [6, 6.07) is 15.9. The van der Waals surface area contributed by atoms with Crippen molar-refractivity contribution in [3.05, 3.63) is 60.8 Å². The normalized spacial score (nSPS) is 16.2.